The van der Waals surface area contributed by atoms with Crippen LogP contribution in [0, 0.1) is 11.3 Å². The van der Waals surface area contributed by atoms with Crippen LogP contribution >= 0.6 is 0 Å². The lowest BCUT2D eigenvalue weighted by atomic mass is 10.0. The van der Waals surface area contributed by atoms with Gasteiger partial charge in [-0.25, -0.2) is 5.43 Å². The van der Waals surface area contributed by atoms with E-state index in [-0.39, 0.29) is 0 Å². The minimum absolute atomic E-state index is 0.740. The van der Waals surface area contributed by atoms with E-state index in [1.807, 2.05) is 0 Å². The van der Waals surface area contributed by atoms with Crippen LogP contribution in [0.1, 0.15) is 135 Å². The molecule has 0 aliphatic heterocycles. The smallest absolute Gasteiger partial charge is 0.0621 e. The van der Waals surface area contributed by atoms with Crippen LogP contribution in [0.2, 0.25) is 0 Å². The average Bonchev–Trinajstić information content (AvgIpc) is 2.74. The van der Waals surface area contributed by atoms with Crippen molar-refractivity contribution in [2.45, 2.75) is 135 Å². The third kappa shape index (κ3) is 27.3. The largest absolute Gasteiger partial charge is 0.257 e. The predicted octanol–water partition coefficient (Wildman–Crippen LogP) is 5.68. The van der Waals surface area contributed by atoms with E-state index in [4.69, 9.17) is 11.1 Å². The Balaban J connectivity index is 2.98. The Labute approximate surface area is 181 Å². The topological polar surface area (TPSA) is 97.9 Å². The SMILES string of the molecule is N#CCCCCCCCCCCCCCCCCCCCCCCNNNNN. The Morgan fingerprint density at radius 2 is 0.828 bits per heavy atom. The van der Waals surface area contributed by atoms with Gasteiger partial charge in [0.25, 0.3) is 0 Å². The first kappa shape index (κ1) is 28.3. The molecular weight excluding hydrogens is 360 g/mol. The van der Waals surface area contributed by atoms with Gasteiger partial charge in [-0.05, 0) is 12.8 Å². The Morgan fingerprint density at radius 1 is 0.483 bits per heavy atom. The van der Waals surface area contributed by atoms with E-state index in [2.05, 4.69) is 28.1 Å². The van der Waals surface area contributed by atoms with E-state index in [1.54, 1.807) is 0 Å². The first-order chi connectivity index (χ1) is 14.4. The van der Waals surface area contributed by atoms with Gasteiger partial charge in [-0.15, -0.1) is 0 Å². The van der Waals surface area contributed by atoms with Crippen LogP contribution in [-0.4, -0.2) is 6.54 Å². The van der Waals surface area contributed by atoms with Gasteiger partial charge in [0.15, 0.2) is 0 Å². The molecule has 0 spiro atoms. The van der Waals surface area contributed by atoms with E-state index in [0.29, 0.717) is 0 Å². The number of hydrogen-bond donors (Lipinski definition) is 5. The second-order valence-electron chi connectivity index (χ2n) is 8.30. The summed E-state index contributed by atoms with van der Waals surface area (Å²) in [6.07, 6.45) is 28.1. The van der Waals surface area contributed by atoms with Crippen LogP contribution in [0.15, 0.2) is 0 Å². The molecule has 0 aromatic rings. The number of nitrogens with one attached hydrogen (secondary N) is 4. The summed E-state index contributed by atoms with van der Waals surface area (Å²) in [5.41, 5.74) is 10.7. The summed E-state index contributed by atoms with van der Waals surface area (Å²) in [6.45, 7) is 0.957. The molecule has 172 valence electrons. The molecule has 0 amide bonds. The normalized spacial score (nSPS) is 11.0. The molecule has 0 saturated heterocycles. The summed E-state index contributed by atoms with van der Waals surface area (Å²) in [7, 11) is 0. The highest BCUT2D eigenvalue weighted by atomic mass is 15.8. The average molecular weight is 411 g/mol. The summed E-state index contributed by atoms with van der Waals surface area (Å²) in [6, 6.07) is 2.23. The lowest BCUT2D eigenvalue weighted by Crippen LogP contribution is -2.53. The molecule has 0 bridgehead atoms. The number of nitrogens with two attached hydrogens (primary N) is 1. The molecule has 0 aliphatic rings. The molecule has 0 unspecified atom stereocenters. The second kappa shape index (κ2) is 27.3. The fourth-order valence-corrected chi connectivity index (χ4v) is 3.74. The fourth-order valence-electron chi connectivity index (χ4n) is 3.74. The van der Waals surface area contributed by atoms with Gasteiger partial charge in [0.1, 0.15) is 0 Å². The first-order valence-corrected chi connectivity index (χ1v) is 12.5. The van der Waals surface area contributed by atoms with Crippen molar-refractivity contribution in [3.8, 4) is 6.07 Å². The Hall–Kier alpha value is -0.710. The van der Waals surface area contributed by atoms with Gasteiger partial charge in [0.2, 0.25) is 0 Å². The Kier molecular flexibility index (Phi) is 26.6. The zero-order chi connectivity index (χ0) is 21.1. The molecule has 6 N–H and O–H groups in total. The van der Waals surface area contributed by atoms with Crippen LogP contribution < -0.4 is 27.9 Å². The van der Waals surface area contributed by atoms with Crippen molar-refractivity contribution >= 4 is 0 Å². The number of hydrogen-bond acceptors (Lipinski definition) is 6. The Bertz CT molecular complexity index is 332. The molecule has 6 heteroatoms. The highest BCUT2D eigenvalue weighted by molar-refractivity contribution is 4.67. The van der Waals surface area contributed by atoms with Crippen LogP contribution in [-0.2, 0) is 0 Å². The van der Waals surface area contributed by atoms with Gasteiger partial charge < -0.3 is 0 Å². The zero-order valence-electron chi connectivity index (χ0n) is 19.1. The third-order valence-corrected chi connectivity index (χ3v) is 5.56. The van der Waals surface area contributed by atoms with Crippen molar-refractivity contribution in [2.75, 3.05) is 6.54 Å². The third-order valence-electron chi connectivity index (χ3n) is 5.56. The van der Waals surface area contributed by atoms with Crippen molar-refractivity contribution < 1.29 is 0 Å². The van der Waals surface area contributed by atoms with Crippen LogP contribution in [0.3, 0.4) is 0 Å². The monoisotopic (exact) mass is 410 g/mol. The van der Waals surface area contributed by atoms with Crippen molar-refractivity contribution in [1.82, 2.24) is 22.0 Å². The van der Waals surface area contributed by atoms with E-state index < -0.39 is 0 Å². The number of nitriles is 1. The van der Waals surface area contributed by atoms with Crippen molar-refractivity contribution in [3.63, 3.8) is 0 Å². The number of rotatable bonds is 25. The number of unbranched alkanes of at least 4 members (excludes halogenated alkanes) is 20. The second-order valence-corrected chi connectivity index (χ2v) is 8.30. The summed E-state index contributed by atoms with van der Waals surface area (Å²) < 4.78 is 0. The lowest BCUT2D eigenvalue weighted by molar-refractivity contribution is 0.370. The van der Waals surface area contributed by atoms with Gasteiger partial charge in [-0.3, -0.25) is 5.84 Å². The lowest BCUT2D eigenvalue weighted by Gasteiger charge is -2.06. The number of hydrazine groups is 4. The quantitative estimate of drug-likeness (QED) is 0.0754. The summed E-state index contributed by atoms with van der Waals surface area (Å²) in [5.74, 6) is 5.06. The van der Waals surface area contributed by atoms with Crippen LogP contribution in [0.25, 0.3) is 0 Å². The van der Waals surface area contributed by atoms with Crippen LogP contribution in [0.5, 0.6) is 0 Å². The molecule has 0 saturated carbocycles. The molecule has 0 rings (SSSR count). The van der Waals surface area contributed by atoms with E-state index in [1.165, 1.54) is 122 Å². The molecular formula is C23H50N6. The van der Waals surface area contributed by atoms with E-state index >= 15 is 0 Å². The molecule has 29 heavy (non-hydrogen) atoms. The molecule has 0 aromatic carbocycles. The van der Waals surface area contributed by atoms with Gasteiger partial charge in [-0.1, -0.05) is 116 Å². The highest BCUT2D eigenvalue weighted by Crippen LogP contribution is 2.14. The minimum atomic E-state index is 0.740. The van der Waals surface area contributed by atoms with E-state index in [0.717, 1.165) is 19.4 Å². The van der Waals surface area contributed by atoms with Crippen LogP contribution in [0.4, 0.5) is 0 Å². The number of nitrogens with zero attached hydrogens (tertiary/aromatic N) is 1. The maximum absolute atomic E-state index is 8.49. The molecule has 0 heterocycles. The maximum atomic E-state index is 8.49. The molecule has 0 aliphatic carbocycles. The summed E-state index contributed by atoms with van der Waals surface area (Å²) in [4.78, 5) is 0. The predicted molar refractivity (Wildman–Crippen MR) is 124 cm³/mol. The molecule has 0 atom stereocenters. The molecule has 0 aromatic heterocycles. The Morgan fingerprint density at radius 3 is 1.17 bits per heavy atom. The van der Waals surface area contributed by atoms with Crippen molar-refractivity contribution in [1.29, 1.82) is 5.26 Å². The van der Waals surface area contributed by atoms with Gasteiger partial charge in [0.05, 0.1) is 6.07 Å². The van der Waals surface area contributed by atoms with E-state index in [9.17, 15) is 0 Å². The zero-order valence-corrected chi connectivity index (χ0v) is 19.1. The molecule has 6 nitrogen and oxygen atoms in total. The first-order valence-electron chi connectivity index (χ1n) is 12.5. The molecule has 0 fully saturated rings. The highest BCUT2D eigenvalue weighted by Gasteiger charge is 1.95. The fraction of sp³-hybridized carbons (Fsp3) is 0.957. The van der Waals surface area contributed by atoms with Gasteiger partial charge in [0, 0.05) is 13.0 Å². The van der Waals surface area contributed by atoms with Crippen molar-refractivity contribution in [2.24, 2.45) is 5.84 Å². The summed E-state index contributed by atoms with van der Waals surface area (Å²) >= 11 is 0. The van der Waals surface area contributed by atoms with Gasteiger partial charge in [-0.2, -0.15) is 21.9 Å². The molecule has 0 radical (unpaired) electrons. The van der Waals surface area contributed by atoms with Crippen molar-refractivity contribution in [3.05, 3.63) is 0 Å². The summed E-state index contributed by atoms with van der Waals surface area (Å²) in [5, 5.41) is 8.49. The maximum Gasteiger partial charge on any atom is 0.0621 e. The minimum Gasteiger partial charge on any atom is -0.257 e. The van der Waals surface area contributed by atoms with Gasteiger partial charge >= 0.3 is 0 Å². The standard InChI is InChI=1S/C23H50N6/c24-22-20-18-16-14-12-10-8-6-4-2-1-3-5-7-9-11-13-15-17-19-21-23-26-28-29-27-25/h26-29H,1-21,23,25H2.